The van der Waals surface area contributed by atoms with E-state index in [1.165, 1.54) is 24.3 Å². The number of carbonyl (C=O) groups is 2. The van der Waals surface area contributed by atoms with Crippen LogP contribution in [-0.2, 0) is 19.6 Å². The Morgan fingerprint density at radius 2 is 1.76 bits per heavy atom. The van der Waals surface area contributed by atoms with E-state index in [0.29, 0.717) is 15.9 Å². The average molecular weight is 565 g/mol. The lowest BCUT2D eigenvalue weighted by atomic mass is 10.3. The molecule has 0 fully saturated rings. The van der Waals surface area contributed by atoms with Crippen molar-refractivity contribution in [2.24, 2.45) is 0 Å². The summed E-state index contributed by atoms with van der Waals surface area (Å²) in [5, 5.41) is 5.23. The number of nitrogens with one attached hydrogen (secondary N) is 3. The van der Waals surface area contributed by atoms with Crippen molar-refractivity contribution in [2.75, 3.05) is 11.9 Å². The summed E-state index contributed by atoms with van der Waals surface area (Å²) < 4.78 is 32.6. The van der Waals surface area contributed by atoms with Gasteiger partial charge in [-0.25, -0.2) is 13.1 Å². The third-order valence-electron chi connectivity index (χ3n) is 3.21. The second-order valence-corrected chi connectivity index (χ2v) is 9.41. The van der Waals surface area contributed by atoms with Gasteiger partial charge in [-0.05, 0) is 70.6 Å². The van der Waals surface area contributed by atoms with Gasteiger partial charge in [-0.1, -0.05) is 15.9 Å². The minimum absolute atomic E-state index is 0.0194. The molecule has 0 atom stereocenters. The van der Waals surface area contributed by atoms with Crippen LogP contribution in [0.5, 0.6) is 5.75 Å². The molecule has 2 aromatic carbocycles. The molecule has 0 radical (unpaired) electrons. The number of ether oxygens (including phenoxy) is 1. The molecule has 29 heavy (non-hydrogen) atoms. The zero-order valence-corrected chi connectivity index (χ0v) is 19.7. The zero-order valence-electron chi connectivity index (χ0n) is 14.9. The Balaban J connectivity index is 1.88. The van der Waals surface area contributed by atoms with E-state index in [4.69, 9.17) is 17.0 Å². The fourth-order valence-corrected chi connectivity index (χ4v) is 4.41. The van der Waals surface area contributed by atoms with Gasteiger partial charge in [-0.3, -0.25) is 14.9 Å². The molecule has 12 heteroatoms. The first-order valence-electron chi connectivity index (χ1n) is 7.89. The van der Waals surface area contributed by atoms with Crippen molar-refractivity contribution in [1.29, 1.82) is 0 Å². The van der Waals surface area contributed by atoms with Gasteiger partial charge in [0, 0.05) is 17.1 Å². The van der Waals surface area contributed by atoms with Gasteiger partial charge in [0.05, 0.1) is 9.37 Å². The SMILES string of the molecule is CC(=O)NS(=O)(=O)c1ccc(NC(=S)NC(=O)COc2ccc(Br)cc2Br)cc1. The zero-order chi connectivity index (χ0) is 21.6. The minimum atomic E-state index is -3.92. The van der Waals surface area contributed by atoms with Gasteiger partial charge in [0.25, 0.3) is 15.9 Å². The highest BCUT2D eigenvalue weighted by Gasteiger charge is 2.15. The lowest BCUT2D eigenvalue weighted by molar-refractivity contribution is -0.121. The van der Waals surface area contributed by atoms with Gasteiger partial charge in [0.1, 0.15) is 5.75 Å². The number of hydrogen-bond acceptors (Lipinski definition) is 6. The molecule has 0 unspecified atom stereocenters. The van der Waals surface area contributed by atoms with E-state index in [2.05, 4.69) is 42.5 Å². The molecule has 154 valence electrons. The predicted octanol–water partition coefficient (Wildman–Crippen LogP) is 2.93. The van der Waals surface area contributed by atoms with Crippen molar-refractivity contribution in [3.8, 4) is 5.75 Å². The molecule has 0 spiro atoms. The fourth-order valence-electron chi connectivity index (χ4n) is 2.03. The predicted molar refractivity (Wildman–Crippen MR) is 119 cm³/mol. The van der Waals surface area contributed by atoms with Crippen molar-refractivity contribution >= 4 is 76.7 Å². The van der Waals surface area contributed by atoms with E-state index < -0.39 is 21.8 Å². The number of amides is 2. The Morgan fingerprint density at radius 1 is 1.10 bits per heavy atom. The summed E-state index contributed by atoms with van der Waals surface area (Å²) in [5.41, 5.74) is 0.452. The van der Waals surface area contributed by atoms with Crippen LogP contribution in [0.1, 0.15) is 6.92 Å². The minimum Gasteiger partial charge on any atom is -0.483 e. The molecule has 0 aliphatic carbocycles. The van der Waals surface area contributed by atoms with Crippen LogP contribution in [-0.4, -0.2) is 32.0 Å². The molecule has 0 aliphatic rings. The van der Waals surface area contributed by atoms with Crippen LogP contribution >= 0.6 is 44.1 Å². The number of sulfonamides is 1. The maximum Gasteiger partial charge on any atom is 0.264 e. The average Bonchev–Trinajstić information content (AvgIpc) is 2.60. The van der Waals surface area contributed by atoms with Crippen LogP contribution in [0.3, 0.4) is 0 Å². The summed E-state index contributed by atoms with van der Waals surface area (Å²) in [7, 11) is -3.92. The largest absolute Gasteiger partial charge is 0.483 e. The van der Waals surface area contributed by atoms with Gasteiger partial charge in [0.2, 0.25) is 5.91 Å². The highest BCUT2D eigenvalue weighted by Crippen LogP contribution is 2.28. The third-order valence-corrected chi connectivity index (χ3v) is 5.97. The molecule has 0 heterocycles. The van der Waals surface area contributed by atoms with Crippen LogP contribution in [0.25, 0.3) is 0 Å². The van der Waals surface area contributed by atoms with E-state index in [1.807, 2.05) is 4.72 Å². The molecule has 0 aromatic heterocycles. The molecule has 0 saturated heterocycles. The number of thiocarbonyl (C=S) groups is 1. The maximum atomic E-state index is 12.0. The molecule has 2 aromatic rings. The smallest absolute Gasteiger partial charge is 0.264 e. The second-order valence-electron chi connectivity index (χ2n) is 5.55. The van der Waals surface area contributed by atoms with Gasteiger partial charge in [-0.2, -0.15) is 0 Å². The van der Waals surface area contributed by atoms with E-state index >= 15 is 0 Å². The van der Waals surface area contributed by atoms with Gasteiger partial charge < -0.3 is 10.1 Å². The lowest BCUT2D eigenvalue weighted by Crippen LogP contribution is -2.37. The standard InChI is InChI=1S/C17H15Br2N3O5S2/c1-10(23)22-29(25,26)13-5-3-12(4-6-13)20-17(28)21-16(24)9-27-15-7-2-11(18)8-14(15)19/h2-8H,9H2,1H3,(H,22,23)(H2,20,21,24,28). The van der Waals surface area contributed by atoms with Crippen molar-refractivity contribution in [1.82, 2.24) is 10.0 Å². The Hall–Kier alpha value is -2.02. The van der Waals surface area contributed by atoms with Gasteiger partial charge in [0.15, 0.2) is 11.7 Å². The summed E-state index contributed by atoms with van der Waals surface area (Å²) in [6, 6.07) is 10.8. The van der Waals surface area contributed by atoms with Gasteiger partial charge in [-0.15, -0.1) is 0 Å². The van der Waals surface area contributed by atoms with Crippen LogP contribution in [0.4, 0.5) is 5.69 Å². The number of carbonyl (C=O) groups excluding carboxylic acids is 2. The molecule has 0 saturated carbocycles. The van der Waals surface area contributed by atoms with Crippen LogP contribution in [0.2, 0.25) is 0 Å². The molecule has 0 bridgehead atoms. The molecular formula is C17H15Br2N3O5S2. The molecule has 2 amide bonds. The van der Waals surface area contributed by atoms with Crippen molar-refractivity contribution in [3.63, 3.8) is 0 Å². The number of anilines is 1. The second kappa shape index (κ2) is 10.1. The Labute approximate surface area is 189 Å². The first kappa shape index (κ1) is 23.3. The van der Waals surface area contributed by atoms with Crippen LogP contribution in [0.15, 0.2) is 56.3 Å². The number of halogens is 2. The Bertz CT molecular complexity index is 1040. The summed E-state index contributed by atoms with van der Waals surface area (Å²) in [6.45, 7) is 0.851. The van der Waals surface area contributed by atoms with E-state index in [9.17, 15) is 18.0 Å². The van der Waals surface area contributed by atoms with Gasteiger partial charge >= 0.3 is 0 Å². The fraction of sp³-hybridized carbons (Fsp3) is 0.118. The number of hydrogen-bond donors (Lipinski definition) is 3. The monoisotopic (exact) mass is 563 g/mol. The molecule has 3 N–H and O–H groups in total. The normalized spacial score (nSPS) is 10.7. The molecular weight excluding hydrogens is 550 g/mol. The van der Waals surface area contributed by atoms with E-state index in [1.54, 1.807) is 18.2 Å². The van der Waals surface area contributed by atoms with Crippen LogP contribution in [0, 0.1) is 0 Å². The molecule has 0 aliphatic heterocycles. The van der Waals surface area contributed by atoms with Crippen LogP contribution < -0.4 is 20.1 Å². The summed E-state index contributed by atoms with van der Waals surface area (Å²) in [5.74, 6) is -0.658. The van der Waals surface area contributed by atoms with E-state index in [0.717, 1.165) is 11.4 Å². The van der Waals surface area contributed by atoms with Crippen molar-refractivity contribution < 1.29 is 22.7 Å². The summed E-state index contributed by atoms with van der Waals surface area (Å²) in [4.78, 5) is 22.8. The maximum absolute atomic E-state index is 12.0. The first-order chi connectivity index (χ1) is 13.6. The summed E-state index contributed by atoms with van der Waals surface area (Å²) in [6.07, 6.45) is 0. The first-order valence-corrected chi connectivity index (χ1v) is 11.4. The quantitative estimate of drug-likeness (QED) is 0.462. The molecule has 2 rings (SSSR count). The summed E-state index contributed by atoms with van der Waals surface area (Å²) >= 11 is 11.7. The van der Waals surface area contributed by atoms with Crippen molar-refractivity contribution in [3.05, 3.63) is 51.4 Å². The highest BCUT2D eigenvalue weighted by atomic mass is 79.9. The number of rotatable bonds is 6. The highest BCUT2D eigenvalue weighted by molar-refractivity contribution is 9.11. The topological polar surface area (TPSA) is 114 Å². The van der Waals surface area contributed by atoms with Crippen molar-refractivity contribution in [2.45, 2.75) is 11.8 Å². The lowest BCUT2D eigenvalue weighted by Gasteiger charge is -2.12. The number of benzene rings is 2. The molecule has 8 nitrogen and oxygen atoms in total. The Kier molecular flexibility index (Phi) is 8.14. The van der Waals surface area contributed by atoms with E-state index in [-0.39, 0.29) is 16.6 Å². The Morgan fingerprint density at radius 3 is 2.34 bits per heavy atom. The third kappa shape index (κ3) is 7.38.